The molecule has 14 heavy (non-hydrogen) atoms. The second-order valence-corrected chi connectivity index (χ2v) is 3.92. The van der Waals surface area contributed by atoms with Gasteiger partial charge in [-0.15, -0.1) is 0 Å². The first kappa shape index (κ1) is 11.5. The van der Waals surface area contributed by atoms with Crippen molar-refractivity contribution in [2.24, 2.45) is 5.73 Å². The quantitative estimate of drug-likeness (QED) is 0.664. The third-order valence-electron chi connectivity index (χ3n) is 2.77. The SMILES string of the molecule is CC[C@H](N)C(=O)N1CCCC(O)CC1. The minimum Gasteiger partial charge on any atom is -0.393 e. The van der Waals surface area contributed by atoms with E-state index < -0.39 is 0 Å². The predicted molar refractivity (Wildman–Crippen MR) is 54.7 cm³/mol. The molecule has 0 bridgehead atoms. The van der Waals surface area contributed by atoms with Gasteiger partial charge in [0.05, 0.1) is 12.1 Å². The van der Waals surface area contributed by atoms with E-state index in [1.807, 2.05) is 6.92 Å². The van der Waals surface area contributed by atoms with Crippen LogP contribution in [0.3, 0.4) is 0 Å². The summed E-state index contributed by atoms with van der Waals surface area (Å²) < 4.78 is 0. The van der Waals surface area contributed by atoms with E-state index in [9.17, 15) is 9.90 Å². The molecule has 1 aliphatic rings. The molecular formula is C10H20N2O2. The Labute approximate surface area is 85.1 Å². The number of amides is 1. The summed E-state index contributed by atoms with van der Waals surface area (Å²) in [5.74, 6) is 0.0293. The maximum atomic E-state index is 11.7. The first-order valence-corrected chi connectivity index (χ1v) is 5.37. The first-order valence-electron chi connectivity index (χ1n) is 5.37. The molecular weight excluding hydrogens is 180 g/mol. The number of nitrogens with zero attached hydrogens (tertiary/aromatic N) is 1. The molecule has 1 heterocycles. The van der Waals surface area contributed by atoms with Gasteiger partial charge >= 0.3 is 0 Å². The van der Waals surface area contributed by atoms with E-state index in [1.165, 1.54) is 0 Å². The van der Waals surface area contributed by atoms with Gasteiger partial charge in [-0.1, -0.05) is 6.92 Å². The van der Waals surface area contributed by atoms with Crippen molar-refractivity contribution in [3.63, 3.8) is 0 Å². The van der Waals surface area contributed by atoms with E-state index >= 15 is 0 Å². The molecule has 0 aromatic carbocycles. The zero-order valence-electron chi connectivity index (χ0n) is 8.78. The number of carbonyl (C=O) groups excluding carboxylic acids is 1. The highest BCUT2D eigenvalue weighted by Gasteiger charge is 2.22. The smallest absolute Gasteiger partial charge is 0.239 e. The van der Waals surface area contributed by atoms with E-state index in [0.29, 0.717) is 19.4 Å². The summed E-state index contributed by atoms with van der Waals surface area (Å²) in [6, 6.07) is -0.370. The Balaban J connectivity index is 2.47. The molecule has 1 unspecified atom stereocenters. The second-order valence-electron chi connectivity index (χ2n) is 3.92. The van der Waals surface area contributed by atoms with Crippen LogP contribution in [0.15, 0.2) is 0 Å². The summed E-state index contributed by atoms with van der Waals surface area (Å²) in [6.45, 7) is 3.30. The van der Waals surface area contributed by atoms with E-state index in [-0.39, 0.29) is 18.1 Å². The van der Waals surface area contributed by atoms with Crippen LogP contribution in [0.2, 0.25) is 0 Å². The molecule has 0 spiro atoms. The largest absolute Gasteiger partial charge is 0.393 e. The predicted octanol–water partition coefficient (Wildman–Crippen LogP) is 0.0971. The van der Waals surface area contributed by atoms with Crippen LogP contribution in [-0.4, -0.2) is 41.1 Å². The maximum absolute atomic E-state index is 11.7. The molecule has 0 radical (unpaired) electrons. The molecule has 1 aliphatic heterocycles. The van der Waals surface area contributed by atoms with Crippen molar-refractivity contribution in [1.29, 1.82) is 0 Å². The topological polar surface area (TPSA) is 66.6 Å². The van der Waals surface area contributed by atoms with Gasteiger partial charge < -0.3 is 15.7 Å². The minimum absolute atomic E-state index is 0.0293. The third-order valence-corrected chi connectivity index (χ3v) is 2.77. The summed E-state index contributed by atoms with van der Waals surface area (Å²) in [5, 5.41) is 9.42. The van der Waals surface area contributed by atoms with E-state index in [1.54, 1.807) is 4.90 Å². The highest BCUT2D eigenvalue weighted by Crippen LogP contribution is 2.11. The molecule has 4 nitrogen and oxygen atoms in total. The van der Waals surface area contributed by atoms with Crippen LogP contribution in [0, 0.1) is 0 Å². The Bertz CT molecular complexity index is 197. The molecule has 3 N–H and O–H groups in total. The molecule has 2 atom stereocenters. The van der Waals surface area contributed by atoms with Gasteiger partial charge in [0.1, 0.15) is 0 Å². The number of aliphatic hydroxyl groups is 1. The summed E-state index contributed by atoms with van der Waals surface area (Å²) in [6.07, 6.45) is 2.79. The molecule has 1 rings (SSSR count). The van der Waals surface area contributed by atoms with Gasteiger partial charge in [0.2, 0.25) is 5.91 Å². The van der Waals surface area contributed by atoms with Gasteiger partial charge in [0.25, 0.3) is 0 Å². The summed E-state index contributed by atoms with van der Waals surface area (Å²) in [5.41, 5.74) is 5.68. The Morgan fingerprint density at radius 1 is 1.57 bits per heavy atom. The number of rotatable bonds is 2. The zero-order valence-corrected chi connectivity index (χ0v) is 8.78. The van der Waals surface area contributed by atoms with Gasteiger partial charge in [-0.25, -0.2) is 0 Å². The number of carbonyl (C=O) groups is 1. The third kappa shape index (κ3) is 2.96. The fourth-order valence-electron chi connectivity index (χ4n) is 1.71. The Kier molecular flexibility index (Phi) is 4.35. The number of nitrogens with two attached hydrogens (primary N) is 1. The summed E-state index contributed by atoms with van der Waals surface area (Å²) in [7, 11) is 0. The number of hydrogen-bond donors (Lipinski definition) is 2. The lowest BCUT2D eigenvalue weighted by Crippen LogP contribution is -2.43. The molecule has 0 aromatic heterocycles. The van der Waals surface area contributed by atoms with Gasteiger partial charge in [-0.2, -0.15) is 0 Å². The Morgan fingerprint density at radius 3 is 2.93 bits per heavy atom. The molecule has 0 aliphatic carbocycles. The highest BCUT2D eigenvalue weighted by atomic mass is 16.3. The lowest BCUT2D eigenvalue weighted by Gasteiger charge is -2.23. The fraction of sp³-hybridized carbons (Fsp3) is 0.900. The Morgan fingerprint density at radius 2 is 2.29 bits per heavy atom. The van der Waals surface area contributed by atoms with Crippen molar-refractivity contribution < 1.29 is 9.90 Å². The van der Waals surface area contributed by atoms with Crippen molar-refractivity contribution in [2.45, 2.75) is 44.8 Å². The van der Waals surface area contributed by atoms with E-state index in [0.717, 1.165) is 19.4 Å². The van der Waals surface area contributed by atoms with Crippen LogP contribution in [0.4, 0.5) is 0 Å². The van der Waals surface area contributed by atoms with Crippen LogP contribution >= 0.6 is 0 Å². The molecule has 1 fully saturated rings. The van der Waals surface area contributed by atoms with E-state index in [4.69, 9.17) is 5.73 Å². The maximum Gasteiger partial charge on any atom is 0.239 e. The van der Waals surface area contributed by atoms with Gasteiger partial charge in [0, 0.05) is 13.1 Å². The molecule has 82 valence electrons. The minimum atomic E-state index is -0.370. The Hall–Kier alpha value is -0.610. The average Bonchev–Trinajstić information content (AvgIpc) is 2.40. The van der Waals surface area contributed by atoms with Crippen molar-refractivity contribution in [1.82, 2.24) is 4.90 Å². The summed E-state index contributed by atoms with van der Waals surface area (Å²) >= 11 is 0. The zero-order chi connectivity index (χ0) is 10.6. The van der Waals surface area contributed by atoms with Gasteiger partial charge in [-0.3, -0.25) is 4.79 Å². The second kappa shape index (κ2) is 5.32. The number of likely N-dealkylation sites (tertiary alicyclic amines) is 1. The number of hydrogen-bond acceptors (Lipinski definition) is 3. The molecule has 0 saturated carbocycles. The summed E-state index contributed by atoms with van der Waals surface area (Å²) in [4.78, 5) is 13.5. The normalized spacial score (nSPS) is 25.6. The van der Waals surface area contributed by atoms with Crippen LogP contribution in [-0.2, 0) is 4.79 Å². The van der Waals surface area contributed by atoms with Crippen LogP contribution in [0.1, 0.15) is 32.6 Å². The van der Waals surface area contributed by atoms with Crippen LogP contribution < -0.4 is 5.73 Å². The fourth-order valence-corrected chi connectivity index (χ4v) is 1.71. The molecule has 4 heteroatoms. The van der Waals surface area contributed by atoms with Crippen molar-refractivity contribution in [2.75, 3.05) is 13.1 Å². The average molecular weight is 200 g/mol. The monoisotopic (exact) mass is 200 g/mol. The van der Waals surface area contributed by atoms with Crippen molar-refractivity contribution in [3.05, 3.63) is 0 Å². The van der Waals surface area contributed by atoms with Gasteiger partial charge in [0.15, 0.2) is 0 Å². The van der Waals surface area contributed by atoms with Crippen LogP contribution in [0.5, 0.6) is 0 Å². The standard InChI is InChI=1S/C10H20N2O2/c1-2-9(11)10(14)12-6-3-4-8(13)5-7-12/h8-9,13H,2-7,11H2,1H3/t8?,9-/m0/s1. The van der Waals surface area contributed by atoms with Crippen LogP contribution in [0.25, 0.3) is 0 Å². The number of aliphatic hydroxyl groups excluding tert-OH is 1. The van der Waals surface area contributed by atoms with Crippen molar-refractivity contribution in [3.8, 4) is 0 Å². The molecule has 1 amide bonds. The first-order chi connectivity index (χ1) is 6.65. The van der Waals surface area contributed by atoms with Gasteiger partial charge in [-0.05, 0) is 25.7 Å². The van der Waals surface area contributed by atoms with E-state index in [2.05, 4.69) is 0 Å². The molecule has 1 saturated heterocycles. The lowest BCUT2D eigenvalue weighted by molar-refractivity contribution is -0.132. The van der Waals surface area contributed by atoms with Crippen molar-refractivity contribution >= 4 is 5.91 Å². The highest BCUT2D eigenvalue weighted by molar-refractivity contribution is 5.81. The lowest BCUT2D eigenvalue weighted by atomic mass is 10.2. The molecule has 0 aromatic rings.